The lowest BCUT2D eigenvalue weighted by atomic mass is 10.0. The Morgan fingerprint density at radius 3 is 2.50 bits per heavy atom. The molecule has 0 radical (unpaired) electrons. The van der Waals surface area contributed by atoms with Gasteiger partial charge in [0.1, 0.15) is 17.3 Å². The first kappa shape index (κ1) is 18.3. The number of carbonyl (C=O) groups is 1. The SMILES string of the molecule is Cc1ncc2cc(-c3c(Cl)cccc3Cl)c(NC(=O)c3ccccn3)nc2n1. The third kappa shape index (κ3) is 3.52. The molecule has 0 aliphatic rings. The number of aromatic nitrogens is 4. The molecule has 1 N–H and O–H groups in total. The van der Waals surface area contributed by atoms with Gasteiger partial charge in [-0.1, -0.05) is 35.3 Å². The summed E-state index contributed by atoms with van der Waals surface area (Å²) in [5.41, 5.74) is 1.85. The fourth-order valence-corrected chi connectivity index (χ4v) is 3.36. The van der Waals surface area contributed by atoms with E-state index >= 15 is 0 Å². The minimum Gasteiger partial charge on any atom is -0.305 e. The molecule has 0 aliphatic carbocycles. The van der Waals surface area contributed by atoms with Crippen molar-refractivity contribution in [3.8, 4) is 11.1 Å². The van der Waals surface area contributed by atoms with Crippen LogP contribution >= 0.6 is 23.2 Å². The highest BCUT2D eigenvalue weighted by Gasteiger charge is 2.18. The fourth-order valence-electron chi connectivity index (χ4n) is 2.76. The molecule has 0 fully saturated rings. The summed E-state index contributed by atoms with van der Waals surface area (Å²) >= 11 is 12.8. The Morgan fingerprint density at radius 2 is 1.79 bits per heavy atom. The Labute approximate surface area is 170 Å². The van der Waals surface area contributed by atoms with Crippen LogP contribution in [-0.2, 0) is 0 Å². The number of hydrogen-bond donors (Lipinski definition) is 1. The quantitative estimate of drug-likeness (QED) is 0.517. The summed E-state index contributed by atoms with van der Waals surface area (Å²) in [5.74, 6) is 0.462. The molecule has 138 valence electrons. The van der Waals surface area contributed by atoms with Gasteiger partial charge in [0.25, 0.3) is 5.91 Å². The van der Waals surface area contributed by atoms with E-state index in [0.717, 1.165) is 0 Å². The third-order valence-electron chi connectivity index (χ3n) is 4.05. The first-order valence-electron chi connectivity index (χ1n) is 8.34. The zero-order valence-electron chi connectivity index (χ0n) is 14.6. The third-order valence-corrected chi connectivity index (χ3v) is 4.68. The van der Waals surface area contributed by atoms with Crippen LogP contribution < -0.4 is 5.32 Å². The van der Waals surface area contributed by atoms with Gasteiger partial charge in [0.15, 0.2) is 5.65 Å². The highest BCUT2D eigenvalue weighted by molar-refractivity contribution is 6.39. The van der Waals surface area contributed by atoms with Crippen molar-refractivity contribution in [2.75, 3.05) is 5.32 Å². The molecule has 0 atom stereocenters. The van der Waals surface area contributed by atoms with Gasteiger partial charge in [-0.05, 0) is 37.3 Å². The van der Waals surface area contributed by atoms with E-state index in [9.17, 15) is 4.79 Å². The molecule has 0 saturated carbocycles. The van der Waals surface area contributed by atoms with Gasteiger partial charge in [-0.25, -0.2) is 15.0 Å². The number of aryl methyl sites for hydroxylation is 1. The monoisotopic (exact) mass is 409 g/mol. The molecule has 0 aliphatic heterocycles. The molecule has 4 aromatic rings. The van der Waals surface area contributed by atoms with Gasteiger partial charge in [-0.2, -0.15) is 0 Å². The summed E-state index contributed by atoms with van der Waals surface area (Å²) in [4.78, 5) is 29.8. The molecule has 1 aromatic carbocycles. The van der Waals surface area contributed by atoms with E-state index in [2.05, 4.69) is 25.3 Å². The highest BCUT2D eigenvalue weighted by Crippen LogP contribution is 2.39. The van der Waals surface area contributed by atoms with E-state index in [1.54, 1.807) is 55.7 Å². The van der Waals surface area contributed by atoms with Gasteiger partial charge in [0.05, 0.1) is 10.0 Å². The molecule has 6 nitrogen and oxygen atoms in total. The number of carbonyl (C=O) groups excluding carboxylic acids is 1. The molecule has 0 spiro atoms. The standard InChI is InChI=1S/C20H13Cl2N5O/c1-11-24-10-12-9-13(17-14(21)5-4-6-15(17)22)19(26-18(12)25-11)27-20(28)16-7-2-3-8-23-16/h2-10H,1H3,(H,24,25,26,27,28). The van der Waals surface area contributed by atoms with Crippen LogP contribution in [0.4, 0.5) is 5.82 Å². The molecule has 3 heterocycles. The van der Waals surface area contributed by atoms with Crippen LogP contribution in [-0.4, -0.2) is 25.8 Å². The van der Waals surface area contributed by atoms with Gasteiger partial charge in [0.2, 0.25) is 0 Å². The zero-order chi connectivity index (χ0) is 19.7. The van der Waals surface area contributed by atoms with E-state index in [1.165, 1.54) is 0 Å². The van der Waals surface area contributed by atoms with Gasteiger partial charge in [-0.3, -0.25) is 9.78 Å². The average molecular weight is 410 g/mol. The predicted molar refractivity (Wildman–Crippen MR) is 110 cm³/mol. The predicted octanol–water partition coefficient (Wildman–Crippen LogP) is 4.95. The van der Waals surface area contributed by atoms with Crippen molar-refractivity contribution in [2.45, 2.75) is 6.92 Å². The van der Waals surface area contributed by atoms with Crippen LogP contribution in [0.2, 0.25) is 10.0 Å². The molecule has 0 saturated heterocycles. The fraction of sp³-hybridized carbons (Fsp3) is 0.0500. The van der Waals surface area contributed by atoms with Gasteiger partial charge < -0.3 is 5.32 Å². The van der Waals surface area contributed by atoms with Crippen LogP contribution in [0.15, 0.2) is 54.9 Å². The maximum absolute atomic E-state index is 12.7. The van der Waals surface area contributed by atoms with Gasteiger partial charge >= 0.3 is 0 Å². The highest BCUT2D eigenvalue weighted by atomic mass is 35.5. The number of fused-ring (bicyclic) bond motifs is 1. The van der Waals surface area contributed by atoms with Crippen LogP contribution in [0.3, 0.4) is 0 Å². The second-order valence-corrected chi connectivity index (χ2v) is 6.79. The molecule has 1 amide bonds. The van der Waals surface area contributed by atoms with E-state index in [0.29, 0.717) is 38.0 Å². The second-order valence-electron chi connectivity index (χ2n) is 5.98. The van der Waals surface area contributed by atoms with Crippen molar-refractivity contribution in [3.63, 3.8) is 0 Å². The van der Waals surface area contributed by atoms with Crippen LogP contribution in [0, 0.1) is 6.92 Å². The smallest absolute Gasteiger partial charge is 0.275 e. The van der Waals surface area contributed by atoms with Crippen molar-refractivity contribution in [1.82, 2.24) is 19.9 Å². The maximum Gasteiger partial charge on any atom is 0.275 e. The van der Waals surface area contributed by atoms with Crippen molar-refractivity contribution in [2.24, 2.45) is 0 Å². The summed E-state index contributed by atoms with van der Waals surface area (Å²) in [6.45, 7) is 1.77. The van der Waals surface area contributed by atoms with Crippen molar-refractivity contribution >= 4 is 46.0 Å². The number of anilines is 1. The lowest BCUT2D eigenvalue weighted by Crippen LogP contribution is -2.15. The Hall–Kier alpha value is -3.09. The van der Waals surface area contributed by atoms with Crippen LogP contribution in [0.25, 0.3) is 22.2 Å². The number of pyridine rings is 2. The van der Waals surface area contributed by atoms with E-state index < -0.39 is 5.91 Å². The normalized spacial score (nSPS) is 10.8. The maximum atomic E-state index is 12.7. The van der Waals surface area contributed by atoms with Crippen LogP contribution in [0.1, 0.15) is 16.3 Å². The summed E-state index contributed by atoms with van der Waals surface area (Å²) in [6, 6.07) is 12.1. The van der Waals surface area contributed by atoms with E-state index in [1.807, 2.05) is 6.07 Å². The molecule has 0 bridgehead atoms. The summed E-state index contributed by atoms with van der Waals surface area (Å²) < 4.78 is 0. The average Bonchev–Trinajstić information content (AvgIpc) is 2.69. The van der Waals surface area contributed by atoms with Crippen molar-refractivity contribution in [1.29, 1.82) is 0 Å². The summed E-state index contributed by atoms with van der Waals surface area (Å²) in [5, 5.41) is 4.38. The number of rotatable bonds is 3. The molecule has 4 rings (SSSR count). The Morgan fingerprint density at radius 1 is 1.00 bits per heavy atom. The first-order valence-corrected chi connectivity index (χ1v) is 9.09. The summed E-state index contributed by atoms with van der Waals surface area (Å²) in [6.07, 6.45) is 3.22. The number of benzene rings is 1. The number of nitrogens with one attached hydrogen (secondary N) is 1. The molecule has 8 heteroatoms. The zero-order valence-corrected chi connectivity index (χ0v) is 16.2. The lowest BCUT2D eigenvalue weighted by molar-refractivity contribution is 0.102. The summed E-state index contributed by atoms with van der Waals surface area (Å²) in [7, 11) is 0. The Kier molecular flexibility index (Phi) is 4.90. The number of amides is 1. The minimum absolute atomic E-state index is 0.263. The molecule has 0 unspecified atom stereocenters. The van der Waals surface area contributed by atoms with Gasteiger partial charge in [-0.15, -0.1) is 0 Å². The minimum atomic E-state index is -0.400. The topological polar surface area (TPSA) is 80.7 Å². The molecule has 3 aromatic heterocycles. The largest absolute Gasteiger partial charge is 0.305 e. The number of halogens is 2. The number of hydrogen-bond acceptors (Lipinski definition) is 5. The Balaban J connectivity index is 1.91. The van der Waals surface area contributed by atoms with Crippen molar-refractivity contribution in [3.05, 3.63) is 76.4 Å². The molecule has 28 heavy (non-hydrogen) atoms. The lowest BCUT2D eigenvalue weighted by Gasteiger charge is -2.14. The second kappa shape index (κ2) is 7.50. The molecular weight excluding hydrogens is 397 g/mol. The van der Waals surface area contributed by atoms with Crippen LogP contribution in [0.5, 0.6) is 0 Å². The van der Waals surface area contributed by atoms with Crippen molar-refractivity contribution < 1.29 is 4.79 Å². The Bertz CT molecular complexity index is 1180. The van der Waals surface area contributed by atoms with E-state index in [4.69, 9.17) is 23.2 Å². The first-order chi connectivity index (χ1) is 13.5. The number of nitrogens with zero attached hydrogens (tertiary/aromatic N) is 4. The van der Waals surface area contributed by atoms with E-state index in [-0.39, 0.29) is 11.5 Å². The van der Waals surface area contributed by atoms with Gasteiger partial charge in [0, 0.05) is 28.9 Å². The molecular formula is C20H13Cl2N5O.